The number of benzene rings is 6. The number of urea groups is 2. The minimum Gasteiger partial charge on any atom is -0.493 e. The molecule has 0 unspecified atom stereocenters. The van der Waals surface area contributed by atoms with Crippen LogP contribution in [0.4, 0.5) is 52.8 Å². The Morgan fingerprint density at radius 3 is 1.38 bits per heavy atom. The fourth-order valence-corrected chi connectivity index (χ4v) is 11.5. The van der Waals surface area contributed by atoms with Gasteiger partial charge in [-0.2, -0.15) is 0 Å². The lowest BCUT2D eigenvalue weighted by molar-refractivity contribution is -0.665. The highest BCUT2D eigenvalue weighted by Gasteiger charge is 2.24. The van der Waals surface area contributed by atoms with Crippen LogP contribution < -0.4 is 77.2 Å². The lowest BCUT2D eigenvalue weighted by atomic mass is 10.0. The average molecular weight is 1420 g/mol. The Labute approximate surface area is 589 Å². The number of halogens is 4. The summed E-state index contributed by atoms with van der Waals surface area (Å²) in [7, 11) is 3.21. The number of nitrogens with two attached hydrogens (primary N) is 3. The van der Waals surface area contributed by atoms with Gasteiger partial charge in [0.05, 0.1) is 80.7 Å². The van der Waals surface area contributed by atoms with Gasteiger partial charge in [0.1, 0.15) is 35.8 Å². The third kappa shape index (κ3) is 22.3. The van der Waals surface area contributed by atoms with Crippen LogP contribution in [0.5, 0.6) is 23.0 Å². The monoisotopic (exact) mass is 1420 g/mol. The van der Waals surface area contributed by atoms with Crippen LogP contribution in [0.25, 0.3) is 21.8 Å². The first-order valence-corrected chi connectivity index (χ1v) is 33.9. The van der Waals surface area contributed by atoms with Crippen LogP contribution in [0.2, 0.25) is 10.0 Å². The van der Waals surface area contributed by atoms with Gasteiger partial charge >= 0.3 is 12.1 Å². The molecule has 12 N–H and O–H groups in total. The van der Waals surface area contributed by atoms with Gasteiger partial charge < -0.3 is 77.5 Å². The summed E-state index contributed by atoms with van der Waals surface area (Å²) in [6.07, 6.45) is 7.29. The van der Waals surface area contributed by atoms with E-state index in [0.29, 0.717) is 122 Å². The van der Waals surface area contributed by atoms with E-state index in [9.17, 15) is 28.0 Å². The van der Waals surface area contributed by atoms with Crippen molar-refractivity contribution in [2.75, 3.05) is 127 Å². The minimum atomic E-state index is -0.732. The van der Waals surface area contributed by atoms with Gasteiger partial charge in [-0.15, -0.1) is 0 Å². The van der Waals surface area contributed by atoms with E-state index in [4.69, 9.17) is 78.8 Å². The molecule has 0 bridgehead atoms. The van der Waals surface area contributed by atoms with Crippen molar-refractivity contribution in [2.24, 2.45) is 23.1 Å². The summed E-state index contributed by atoms with van der Waals surface area (Å²) in [6.45, 7) is 13.0. The topological polar surface area (TPSA) is 314 Å². The van der Waals surface area contributed by atoms with Crippen molar-refractivity contribution in [1.82, 2.24) is 30.4 Å². The fourth-order valence-electron chi connectivity index (χ4n) is 11.2. The molecule has 2 fully saturated rings. The molecule has 25 nitrogen and oxygen atoms in total. The van der Waals surface area contributed by atoms with Crippen LogP contribution in [-0.2, 0) is 32.2 Å². The Hall–Kier alpha value is -9.48. The number of amides is 6. The van der Waals surface area contributed by atoms with Crippen molar-refractivity contribution in [3.8, 4) is 23.0 Å². The number of ether oxygens (including phenoxy) is 6. The van der Waals surface area contributed by atoms with Gasteiger partial charge in [-0.25, -0.2) is 27.5 Å². The summed E-state index contributed by atoms with van der Waals surface area (Å²) in [6, 6.07) is 29.6. The number of carbonyl (C=O) groups is 4. The number of primary amides is 2. The van der Waals surface area contributed by atoms with Crippen molar-refractivity contribution >= 4 is 103 Å². The number of morpholine rings is 2. The first-order chi connectivity index (χ1) is 48.4. The molecule has 532 valence electrons. The molecule has 0 radical (unpaired) electrons. The quantitative estimate of drug-likeness (QED) is 0.0140. The normalized spacial score (nSPS) is 13.8. The zero-order valence-corrected chi connectivity index (χ0v) is 57.8. The van der Waals surface area contributed by atoms with E-state index in [2.05, 4.69) is 41.7 Å². The van der Waals surface area contributed by atoms with Gasteiger partial charge in [0.2, 0.25) is 11.8 Å². The third-order valence-electron chi connectivity index (χ3n) is 16.7. The van der Waals surface area contributed by atoms with E-state index in [-0.39, 0.29) is 27.8 Å². The number of hydrogen-bond acceptors (Lipinski definition) is 17. The molecule has 6 amide bonds. The summed E-state index contributed by atoms with van der Waals surface area (Å²) in [4.78, 5) is 61.1. The predicted octanol–water partition coefficient (Wildman–Crippen LogP) is 9.17. The number of anilines is 6. The van der Waals surface area contributed by atoms with E-state index in [1.165, 1.54) is 24.3 Å². The zero-order valence-electron chi connectivity index (χ0n) is 56.3. The van der Waals surface area contributed by atoms with E-state index in [0.717, 1.165) is 111 Å². The maximum Gasteiger partial charge on any atom is 0.312 e. The SMILES string of the molecule is COc1cc2c(cc1OCCCN1CCOCC1)c(Nc1ccc(F)c(Cl)c1)nc[n+]2Cc1ccc(NC(=O)[C@@H](C)CCCNC(N)=O)cc1.COc1cc2c(cc1OCCCN1CCOCC1)c(Nc1ccc(F)c(Cl)c1)nc[n+]2Cc1ccc(NC(=O)[C@@H](N)CCCNC(N)=O)cc1. The van der Waals surface area contributed by atoms with Crippen molar-refractivity contribution in [1.29, 1.82) is 0 Å². The molecule has 2 aliphatic heterocycles. The van der Waals surface area contributed by atoms with Crippen molar-refractivity contribution in [3.05, 3.63) is 155 Å². The largest absolute Gasteiger partial charge is 0.493 e. The standard InChI is InChI=1S/C36H43ClFN7O5.C35H42ClFN8O5/c1-24(5-3-12-40-36(39)47)35(46)43-26-8-6-25(7-9-26)22-45-23-41-34(42-27-10-11-30(38)29(37)19-27)28-20-33(32(48-2)21-31(28)45)50-16-4-13-44-14-17-49-18-15-44;1-48-31-20-30-26(19-32(31)50-15-3-12-44-13-16-49-17-14-44)33(42-25-9-10-28(37)27(36)18-25)41-22-45(30)21-23-5-7-24(8-6-23)43-34(46)29(38)4-2-11-40-35(39)47/h6-11,19-21,23-24H,3-5,12-18,22H2,1-2H3,(H4,39,40,43,46,47);5-10,18-20,22,29H,2-4,11-17,21,38H2,1H3,(H4,39,40,43,46,47)/p+2/t24-;29-/m00/s1. The number of nitrogens with one attached hydrogen (secondary N) is 6. The molecule has 0 spiro atoms. The van der Waals surface area contributed by atoms with Gasteiger partial charge in [-0.05, 0) is 120 Å². The van der Waals surface area contributed by atoms with E-state index in [1.54, 1.807) is 39.0 Å². The molecule has 2 saturated heterocycles. The predicted molar refractivity (Wildman–Crippen MR) is 380 cm³/mol. The Balaban J connectivity index is 0.000000233. The van der Waals surface area contributed by atoms with Crippen LogP contribution in [0.1, 0.15) is 56.6 Å². The second-order valence-electron chi connectivity index (χ2n) is 24.0. The van der Waals surface area contributed by atoms with Crippen molar-refractivity contribution < 1.29 is 65.5 Å². The second-order valence-corrected chi connectivity index (χ2v) is 24.9. The Kier molecular flexibility index (Phi) is 28.1. The van der Waals surface area contributed by atoms with Gasteiger partial charge in [0.15, 0.2) is 23.0 Å². The van der Waals surface area contributed by atoms with Crippen molar-refractivity contribution in [2.45, 2.75) is 64.6 Å². The lowest BCUT2D eigenvalue weighted by Crippen LogP contribution is -2.37. The molecule has 8 aromatic rings. The zero-order chi connectivity index (χ0) is 70.9. The van der Waals surface area contributed by atoms with E-state index < -0.39 is 29.7 Å². The summed E-state index contributed by atoms with van der Waals surface area (Å²) in [5.41, 5.74) is 22.2. The summed E-state index contributed by atoms with van der Waals surface area (Å²) in [5.74, 6) is 1.70. The molecule has 6 aromatic carbocycles. The summed E-state index contributed by atoms with van der Waals surface area (Å²) >= 11 is 12.1. The molecule has 0 aliphatic carbocycles. The van der Waals surface area contributed by atoms with Gasteiger partial charge in [-0.1, -0.05) is 54.4 Å². The number of nitrogens with zero attached hydrogens (tertiary/aromatic N) is 6. The highest BCUT2D eigenvalue weighted by Crippen LogP contribution is 2.37. The maximum absolute atomic E-state index is 13.9. The molecular formula is C71H87Cl2F2N15O10+2. The Morgan fingerprint density at radius 2 is 0.970 bits per heavy atom. The van der Waals surface area contributed by atoms with E-state index in [1.807, 2.05) is 88.9 Å². The number of carbonyl (C=O) groups excluding carboxylic acids is 4. The molecule has 2 atom stereocenters. The molecule has 10 rings (SSSR count). The van der Waals surface area contributed by atoms with Gasteiger partial charge in [0.25, 0.3) is 24.3 Å². The summed E-state index contributed by atoms with van der Waals surface area (Å²) < 4.78 is 66.7. The number of aromatic nitrogens is 4. The molecule has 2 aliphatic rings. The third-order valence-corrected chi connectivity index (χ3v) is 17.3. The van der Waals surface area contributed by atoms with Crippen LogP contribution >= 0.6 is 23.2 Å². The smallest absolute Gasteiger partial charge is 0.312 e. The highest BCUT2D eigenvalue weighted by molar-refractivity contribution is 6.31. The first-order valence-electron chi connectivity index (χ1n) is 33.1. The Bertz CT molecular complexity index is 3810. The Morgan fingerprint density at radius 1 is 0.560 bits per heavy atom. The lowest BCUT2D eigenvalue weighted by Gasteiger charge is -2.26. The van der Waals surface area contributed by atoms with E-state index >= 15 is 0 Å². The minimum absolute atomic E-state index is 0.00264. The van der Waals surface area contributed by atoms with Crippen molar-refractivity contribution in [3.63, 3.8) is 0 Å². The molecular weight excluding hydrogens is 1330 g/mol. The molecule has 29 heteroatoms. The molecule has 0 saturated carbocycles. The number of methoxy groups -OCH3 is 2. The average Bonchev–Trinajstić information content (AvgIpc) is 0.780. The first kappa shape index (κ1) is 74.7. The highest BCUT2D eigenvalue weighted by atomic mass is 35.5. The fraction of sp³-hybridized carbons (Fsp3) is 0.380. The molecule has 100 heavy (non-hydrogen) atoms. The second kappa shape index (κ2) is 37.6. The van der Waals surface area contributed by atoms with Crippen LogP contribution in [0, 0.1) is 17.6 Å². The van der Waals surface area contributed by atoms with Crippen LogP contribution in [0.3, 0.4) is 0 Å². The number of rotatable bonds is 32. The number of fused-ring (bicyclic) bond motifs is 2. The van der Waals surface area contributed by atoms with Gasteiger partial charge in [-0.3, -0.25) is 19.4 Å². The summed E-state index contributed by atoms with van der Waals surface area (Å²) in [5, 5.41) is 18.9. The van der Waals surface area contributed by atoms with Crippen LogP contribution in [0.15, 0.2) is 122 Å². The molecule has 2 aromatic heterocycles. The maximum atomic E-state index is 13.9. The van der Waals surface area contributed by atoms with Gasteiger partial charge in [0, 0.05) is 105 Å². The number of hydrogen-bond donors (Lipinski definition) is 9. The van der Waals surface area contributed by atoms with Crippen LogP contribution in [-0.4, -0.2) is 156 Å². The molecule has 4 heterocycles.